The second kappa shape index (κ2) is 8.15. The van der Waals surface area contributed by atoms with Crippen LogP contribution in [-0.4, -0.2) is 25.6 Å². The maximum absolute atomic E-state index is 12.5. The Bertz CT molecular complexity index is 1170. The Morgan fingerprint density at radius 2 is 1.90 bits per heavy atom. The minimum absolute atomic E-state index is 0.0175. The molecule has 0 unspecified atom stereocenters. The zero-order chi connectivity index (χ0) is 21.0. The molecule has 150 valence electrons. The molecule has 3 rings (SSSR count). The van der Waals surface area contributed by atoms with E-state index in [-0.39, 0.29) is 22.0 Å². The van der Waals surface area contributed by atoms with Gasteiger partial charge in [-0.1, -0.05) is 29.4 Å². The number of nitrogens with one attached hydrogen (secondary N) is 1. The third kappa shape index (κ3) is 4.61. The summed E-state index contributed by atoms with van der Waals surface area (Å²) in [5.74, 6) is 0.548. The number of sulfonamides is 1. The lowest BCUT2D eigenvalue weighted by Gasteiger charge is -2.09. The smallest absolute Gasteiger partial charge is 0.338 e. The fraction of sp³-hybridized carbons (Fsp3) is 0.105. The van der Waals surface area contributed by atoms with E-state index >= 15 is 0 Å². The van der Waals surface area contributed by atoms with Crippen LogP contribution in [0, 0.1) is 17.0 Å². The molecule has 0 bridgehead atoms. The molecule has 3 aromatic rings. The molecule has 0 fully saturated rings. The Balaban J connectivity index is 1.78. The Labute approximate surface area is 166 Å². The highest BCUT2D eigenvalue weighted by Gasteiger charge is 2.22. The highest BCUT2D eigenvalue weighted by Crippen LogP contribution is 2.25. The lowest BCUT2D eigenvalue weighted by atomic mass is 10.2. The molecule has 10 heteroatoms. The fourth-order valence-corrected chi connectivity index (χ4v) is 3.59. The van der Waals surface area contributed by atoms with Gasteiger partial charge in [0.1, 0.15) is 5.75 Å². The molecule has 0 spiro atoms. The van der Waals surface area contributed by atoms with E-state index in [9.17, 15) is 18.5 Å². The molecule has 0 aliphatic heterocycles. The number of hydrogen-bond donors (Lipinski definition) is 1. The minimum Gasteiger partial charge on any atom is -0.497 e. The third-order valence-electron chi connectivity index (χ3n) is 3.98. The lowest BCUT2D eigenvalue weighted by molar-refractivity contribution is -0.386. The van der Waals surface area contributed by atoms with Gasteiger partial charge in [-0.3, -0.25) is 14.8 Å². The van der Waals surface area contributed by atoms with Crippen LogP contribution in [0.4, 0.5) is 11.4 Å². The number of benzene rings is 2. The molecule has 0 saturated heterocycles. The number of anilines is 1. The summed E-state index contributed by atoms with van der Waals surface area (Å²) in [7, 11) is -2.29. The topological polar surface area (TPSA) is 125 Å². The van der Waals surface area contributed by atoms with Crippen molar-refractivity contribution in [2.45, 2.75) is 11.8 Å². The van der Waals surface area contributed by atoms with Crippen molar-refractivity contribution in [1.29, 1.82) is 0 Å². The van der Waals surface area contributed by atoms with Crippen LogP contribution < -0.4 is 9.46 Å². The van der Waals surface area contributed by atoms with E-state index < -0.39 is 14.9 Å². The van der Waals surface area contributed by atoms with Crippen molar-refractivity contribution >= 4 is 33.6 Å². The number of aromatic nitrogens is 1. The second-order valence-corrected chi connectivity index (χ2v) is 7.66. The summed E-state index contributed by atoms with van der Waals surface area (Å²) in [4.78, 5) is 10.6. The quantitative estimate of drug-likeness (QED) is 0.459. The number of hydrogen-bond acceptors (Lipinski definition) is 7. The van der Waals surface area contributed by atoms with E-state index in [1.165, 1.54) is 32.2 Å². The van der Waals surface area contributed by atoms with Crippen molar-refractivity contribution in [2.24, 2.45) is 0 Å². The molecule has 29 heavy (non-hydrogen) atoms. The van der Waals surface area contributed by atoms with Gasteiger partial charge < -0.3 is 9.26 Å². The van der Waals surface area contributed by atoms with E-state index in [0.29, 0.717) is 17.0 Å². The number of nitrogens with zero attached hydrogens (tertiary/aromatic N) is 2. The van der Waals surface area contributed by atoms with Crippen molar-refractivity contribution in [3.8, 4) is 5.75 Å². The maximum Gasteiger partial charge on any atom is 0.338 e. The first-order valence-corrected chi connectivity index (χ1v) is 9.84. The van der Waals surface area contributed by atoms with Gasteiger partial charge in [0.25, 0.3) is 10.0 Å². The molecule has 0 radical (unpaired) electrons. The largest absolute Gasteiger partial charge is 0.497 e. The van der Waals surface area contributed by atoms with Gasteiger partial charge in [-0.2, -0.15) is 0 Å². The van der Waals surface area contributed by atoms with Crippen molar-refractivity contribution in [3.63, 3.8) is 0 Å². The average molecular weight is 415 g/mol. The summed E-state index contributed by atoms with van der Waals surface area (Å²) in [6.07, 6.45) is 2.98. The predicted octanol–water partition coefficient (Wildman–Crippen LogP) is 3.87. The molecule has 9 nitrogen and oxygen atoms in total. The molecule has 1 heterocycles. The maximum atomic E-state index is 12.5. The Hall–Kier alpha value is -3.66. The molecule has 2 aromatic carbocycles. The average Bonchev–Trinajstić information content (AvgIpc) is 3.07. The molecular weight excluding hydrogens is 398 g/mol. The van der Waals surface area contributed by atoms with Gasteiger partial charge in [-0.05, 0) is 42.8 Å². The van der Waals surface area contributed by atoms with E-state index in [0.717, 1.165) is 0 Å². The van der Waals surface area contributed by atoms with Crippen LogP contribution in [0.15, 0.2) is 57.9 Å². The Morgan fingerprint density at radius 3 is 2.55 bits per heavy atom. The van der Waals surface area contributed by atoms with E-state index in [1.807, 2.05) is 0 Å². The van der Waals surface area contributed by atoms with Crippen LogP contribution in [0.5, 0.6) is 5.75 Å². The Kier molecular flexibility index (Phi) is 5.64. The van der Waals surface area contributed by atoms with Gasteiger partial charge in [0.15, 0.2) is 5.69 Å². The van der Waals surface area contributed by atoms with Crippen LogP contribution in [0.3, 0.4) is 0 Å². The van der Waals surface area contributed by atoms with Crippen molar-refractivity contribution in [3.05, 3.63) is 75.7 Å². The summed E-state index contributed by atoms with van der Waals surface area (Å²) in [6.45, 7) is 1.48. The van der Waals surface area contributed by atoms with Gasteiger partial charge in [-0.15, -0.1) is 0 Å². The monoisotopic (exact) mass is 415 g/mol. The minimum atomic E-state index is -3.78. The van der Waals surface area contributed by atoms with Crippen molar-refractivity contribution < 1.29 is 22.6 Å². The molecule has 0 saturated carbocycles. The summed E-state index contributed by atoms with van der Waals surface area (Å²) in [5, 5.41) is 14.6. The zero-order valence-corrected chi connectivity index (χ0v) is 16.3. The van der Waals surface area contributed by atoms with Gasteiger partial charge in [0.05, 0.1) is 22.6 Å². The van der Waals surface area contributed by atoms with E-state index in [2.05, 4.69) is 9.88 Å². The highest BCUT2D eigenvalue weighted by atomic mass is 32.2. The van der Waals surface area contributed by atoms with Crippen LogP contribution in [-0.2, 0) is 10.0 Å². The van der Waals surface area contributed by atoms with Crippen LogP contribution >= 0.6 is 0 Å². The first-order valence-electron chi connectivity index (χ1n) is 8.36. The predicted molar refractivity (Wildman–Crippen MR) is 107 cm³/mol. The van der Waals surface area contributed by atoms with Gasteiger partial charge in [-0.25, -0.2) is 8.42 Å². The van der Waals surface area contributed by atoms with E-state index in [1.54, 1.807) is 42.5 Å². The first-order chi connectivity index (χ1) is 13.8. The van der Waals surface area contributed by atoms with Crippen LogP contribution in [0.2, 0.25) is 0 Å². The summed E-state index contributed by atoms with van der Waals surface area (Å²) in [5.41, 5.74) is 0.984. The molecule has 0 aliphatic carbocycles. The molecular formula is C19H17N3O6S. The fourth-order valence-electron chi connectivity index (χ4n) is 2.54. The van der Waals surface area contributed by atoms with Gasteiger partial charge in [0.2, 0.25) is 5.76 Å². The van der Waals surface area contributed by atoms with Crippen molar-refractivity contribution in [1.82, 2.24) is 5.16 Å². The Morgan fingerprint density at radius 1 is 1.17 bits per heavy atom. The van der Waals surface area contributed by atoms with Crippen LogP contribution in [0.25, 0.3) is 12.2 Å². The summed E-state index contributed by atoms with van der Waals surface area (Å²) < 4.78 is 37.6. The normalized spacial score (nSPS) is 11.5. The first kappa shape index (κ1) is 20.1. The van der Waals surface area contributed by atoms with Gasteiger partial charge in [0, 0.05) is 6.07 Å². The standard InChI is InChI=1S/C19H17N3O6S/c1-13-19(22(23)24)18(28-20-13)11-8-14-6-9-17(10-7-14)29(25,26)21-15-4-3-5-16(12-15)27-2/h3-12,21H,1-2H3/b11-8+. The molecule has 0 amide bonds. The number of methoxy groups -OCH3 is 1. The highest BCUT2D eigenvalue weighted by molar-refractivity contribution is 7.92. The number of ether oxygens (including phenoxy) is 1. The van der Waals surface area contributed by atoms with Crippen molar-refractivity contribution in [2.75, 3.05) is 11.8 Å². The third-order valence-corrected chi connectivity index (χ3v) is 5.38. The zero-order valence-electron chi connectivity index (χ0n) is 15.5. The van der Waals surface area contributed by atoms with Crippen LogP contribution in [0.1, 0.15) is 17.0 Å². The lowest BCUT2D eigenvalue weighted by Crippen LogP contribution is -2.12. The molecule has 1 aromatic heterocycles. The second-order valence-electron chi connectivity index (χ2n) is 5.98. The number of aryl methyl sites for hydroxylation is 1. The molecule has 0 atom stereocenters. The molecule has 1 N–H and O–H groups in total. The molecule has 0 aliphatic rings. The number of rotatable bonds is 7. The van der Waals surface area contributed by atoms with Gasteiger partial charge >= 0.3 is 5.69 Å². The SMILES string of the molecule is COc1cccc(NS(=O)(=O)c2ccc(/C=C/c3onc(C)c3[N+](=O)[O-])cc2)c1. The number of nitro groups is 1. The van der Waals surface area contributed by atoms with E-state index in [4.69, 9.17) is 9.26 Å². The summed E-state index contributed by atoms with van der Waals surface area (Å²) >= 11 is 0. The summed E-state index contributed by atoms with van der Waals surface area (Å²) in [6, 6.07) is 12.6.